The zero-order valence-corrected chi connectivity index (χ0v) is 14.4. The zero-order valence-electron chi connectivity index (χ0n) is 12.8. The van der Waals surface area contributed by atoms with Gasteiger partial charge in [-0.2, -0.15) is 0 Å². The molecule has 0 bridgehead atoms. The van der Waals surface area contributed by atoms with Gasteiger partial charge < -0.3 is 10.2 Å². The van der Waals surface area contributed by atoms with Gasteiger partial charge in [0.05, 0.1) is 5.56 Å². The summed E-state index contributed by atoms with van der Waals surface area (Å²) in [5, 5.41) is 3.00. The molecule has 1 N–H and O–H groups in total. The van der Waals surface area contributed by atoms with Crippen LogP contribution in [0.15, 0.2) is 28.7 Å². The number of unbranched alkanes of at least 4 members (excludes halogenated alkanes) is 1. The molecule has 1 unspecified atom stereocenters. The molecule has 1 heterocycles. The van der Waals surface area contributed by atoms with Crippen LogP contribution >= 0.6 is 15.9 Å². The highest BCUT2D eigenvalue weighted by Crippen LogP contribution is 2.17. The Bertz CT molecular complexity index is 464. The van der Waals surface area contributed by atoms with Crippen LogP contribution in [0.2, 0.25) is 0 Å². The number of nitrogens with zero attached hydrogens (tertiary/aromatic N) is 1. The quantitative estimate of drug-likeness (QED) is 0.789. The molecule has 116 valence electrons. The summed E-state index contributed by atoms with van der Waals surface area (Å²) in [6.45, 7) is 5.48. The molecular weight excluding hydrogens is 328 g/mol. The van der Waals surface area contributed by atoms with Gasteiger partial charge in [0, 0.05) is 17.1 Å². The number of halogens is 1. The number of hydrogen-bond donors (Lipinski definition) is 1. The Morgan fingerprint density at radius 1 is 1.33 bits per heavy atom. The highest BCUT2D eigenvalue weighted by Gasteiger charge is 2.17. The van der Waals surface area contributed by atoms with E-state index in [2.05, 4.69) is 33.1 Å². The first-order chi connectivity index (χ1) is 10.2. The highest BCUT2D eigenvalue weighted by molar-refractivity contribution is 9.10. The maximum absolute atomic E-state index is 12.0. The van der Waals surface area contributed by atoms with Gasteiger partial charge >= 0.3 is 0 Å². The van der Waals surface area contributed by atoms with E-state index in [1.807, 2.05) is 24.3 Å². The molecule has 1 aliphatic rings. The largest absolute Gasteiger partial charge is 0.352 e. The minimum atomic E-state index is 0.00816. The van der Waals surface area contributed by atoms with E-state index in [1.54, 1.807) is 0 Å². The molecule has 0 spiro atoms. The van der Waals surface area contributed by atoms with Crippen LogP contribution in [0.5, 0.6) is 0 Å². The van der Waals surface area contributed by atoms with E-state index in [9.17, 15) is 4.79 Å². The Kier molecular flexibility index (Phi) is 6.71. The minimum absolute atomic E-state index is 0.00816. The number of carbonyl (C=O) groups excluding carboxylic acids is 1. The number of likely N-dealkylation sites (tertiary alicyclic amines) is 1. The summed E-state index contributed by atoms with van der Waals surface area (Å²) in [5.74, 6) is 0.00816. The van der Waals surface area contributed by atoms with E-state index in [0.29, 0.717) is 5.56 Å². The Morgan fingerprint density at radius 3 is 2.90 bits per heavy atom. The number of amides is 1. The maximum atomic E-state index is 12.0. The van der Waals surface area contributed by atoms with Crippen LogP contribution in [-0.4, -0.2) is 36.5 Å². The van der Waals surface area contributed by atoms with Gasteiger partial charge in [-0.3, -0.25) is 4.79 Å². The van der Waals surface area contributed by atoms with Crippen molar-refractivity contribution in [1.29, 1.82) is 0 Å². The van der Waals surface area contributed by atoms with Gasteiger partial charge in [-0.15, -0.1) is 0 Å². The van der Waals surface area contributed by atoms with Gasteiger partial charge in [0.2, 0.25) is 0 Å². The molecule has 0 aliphatic carbocycles. The third-order valence-corrected chi connectivity index (χ3v) is 4.91. The van der Waals surface area contributed by atoms with Crippen LogP contribution in [0, 0.1) is 0 Å². The summed E-state index contributed by atoms with van der Waals surface area (Å²) < 4.78 is 0.852. The van der Waals surface area contributed by atoms with Gasteiger partial charge in [0.15, 0.2) is 0 Å². The summed E-state index contributed by atoms with van der Waals surface area (Å²) in [7, 11) is 0. The van der Waals surface area contributed by atoms with Crippen molar-refractivity contribution in [3.63, 3.8) is 0 Å². The SMILES string of the molecule is CC1CCCCN1CCCCNC(=O)c1ccccc1Br. The minimum Gasteiger partial charge on any atom is -0.352 e. The molecule has 1 amide bonds. The molecule has 0 radical (unpaired) electrons. The summed E-state index contributed by atoms with van der Waals surface area (Å²) in [4.78, 5) is 14.6. The molecule has 1 saturated heterocycles. The van der Waals surface area contributed by atoms with Gasteiger partial charge in [-0.1, -0.05) is 18.6 Å². The zero-order chi connectivity index (χ0) is 15.1. The van der Waals surface area contributed by atoms with E-state index >= 15 is 0 Å². The normalized spacial score (nSPS) is 19.4. The first-order valence-corrected chi connectivity index (χ1v) is 8.74. The molecule has 1 aliphatic heterocycles. The van der Waals surface area contributed by atoms with Crippen molar-refractivity contribution in [1.82, 2.24) is 10.2 Å². The first-order valence-electron chi connectivity index (χ1n) is 7.95. The Labute approximate surface area is 136 Å². The first kappa shape index (κ1) is 16.5. The fourth-order valence-corrected chi connectivity index (χ4v) is 3.34. The average Bonchev–Trinajstić information content (AvgIpc) is 2.49. The molecule has 1 fully saturated rings. The predicted molar refractivity (Wildman–Crippen MR) is 90.6 cm³/mol. The molecule has 1 aromatic carbocycles. The van der Waals surface area contributed by atoms with Crippen LogP contribution < -0.4 is 5.32 Å². The fourth-order valence-electron chi connectivity index (χ4n) is 2.87. The number of nitrogens with one attached hydrogen (secondary N) is 1. The summed E-state index contributed by atoms with van der Waals surface area (Å²) in [6.07, 6.45) is 6.24. The fraction of sp³-hybridized carbons (Fsp3) is 0.588. The van der Waals surface area contributed by atoms with Crippen molar-refractivity contribution in [2.24, 2.45) is 0 Å². The number of carbonyl (C=O) groups is 1. The number of piperidine rings is 1. The lowest BCUT2D eigenvalue weighted by Gasteiger charge is -2.33. The standard InChI is InChI=1S/C17H25BrN2O/c1-14-8-4-6-12-20(14)13-7-5-11-19-17(21)15-9-2-3-10-16(15)18/h2-3,9-10,14H,4-8,11-13H2,1H3,(H,19,21). The van der Waals surface area contributed by atoms with Gasteiger partial charge in [-0.05, 0) is 73.8 Å². The van der Waals surface area contributed by atoms with Crippen molar-refractivity contribution in [2.45, 2.75) is 45.1 Å². The predicted octanol–water partition coefficient (Wildman–Crippen LogP) is 3.83. The van der Waals surface area contributed by atoms with Crippen molar-refractivity contribution in [3.05, 3.63) is 34.3 Å². The third kappa shape index (κ3) is 5.11. The molecule has 1 atom stereocenters. The summed E-state index contributed by atoms with van der Waals surface area (Å²) in [5.41, 5.74) is 0.710. The van der Waals surface area contributed by atoms with E-state index < -0.39 is 0 Å². The smallest absolute Gasteiger partial charge is 0.252 e. The Balaban J connectivity index is 1.63. The lowest BCUT2D eigenvalue weighted by molar-refractivity contribution is 0.0951. The van der Waals surface area contributed by atoms with Crippen LogP contribution in [0.3, 0.4) is 0 Å². The van der Waals surface area contributed by atoms with E-state index in [1.165, 1.54) is 25.8 Å². The van der Waals surface area contributed by atoms with Gasteiger partial charge in [0.25, 0.3) is 5.91 Å². The van der Waals surface area contributed by atoms with Crippen molar-refractivity contribution < 1.29 is 4.79 Å². The van der Waals surface area contributed by atoms with Gasteiger partial charge in [-0.25, -0.2) is 0 Å². The highest BCUT2D eigenvalue weighted by atomic mass is 79.9. The third-order valence-electron chi connectivity index (χ3n) is 4.22. The van der Waals surface area contributed by atoms with E-state index in [0.717, 1.165) is 36.4 Å². The summed E-state index contributed by atoms with van der Waals surface area (Å²) >= 11 is 3.41. The lowest BCUT2D eigenvalue weighted by atomic mass is 10.0. The second-order valence-corrected chi connectivity index (χ2v) is 6.68. The molecule has 2 rings (SSSR count). The van der Waals surface area contributed by atoms with Crippen LogP contribution in [-0.2, 0) is 0 Å². The second-order valence-electron chi connectivity index (χ2n) is 5.82. The Morgan fingerprint density at radius 2 is 2.14 bits per heavy atom. The van der Waals surface area contributed by atoms with Crippen molar-refractivity contribution >= 4 is 21.8 Å². The molecule has 1 aromatic rings. The topological polar surface area (TPSA) is 32.3 Å². The Hall–Kier alpha value is -0.870. The van der Waals surface area contributed by atoms with E-state index in [4.69, 9.17) is 0 Å². The molecule has 21 heavy (non-hydrogen) atoms. The maximum Gasteiger partial charge on any atom is 0.252 e. The van der Waals surface area contributed by atoms with Crippen LogP contribution in [0.25, 0.3) is 0 Å². The molecular formula is C17H25BrN2O. The molecule has 0 aromatic heterocycles. The number of benzene rings is 1. The van der Waals surface area contributed by atoms with Crippen molar-refractivity contribution in [2.75, 3.05) is 19.6 Å². The lowest BCUT2D eigenvalue weighted by Crippen LogP contribution is -2.38. The number of hydrogen-bond acceptors (Lipinski definition) is 2. The van der Waals surface area contributed by atoms with Crippen molar-refractivity contribution in [3.8, 4) is 0 Å². The van der Waals surface area contributed by atoms with E-state index in [-0.39, 0.29) is 5.91 Å². The number of rotatable bonds is 6. The van der Waals surface area contributed by atoms with Gasteiger partial charge in [0.1, 0.15) is 0 Å². The van der Waals surface area contributed by atoms with Crippen LogP contribution in [0.4, 0.5) is 0 Å². The monoisotopic (exact) mass is 352 g/mol. The average molecular weight is 353 g/mol. The summed E-state index contributed by atoms with van der Waals surface area (Å²) in [6, 6.07) is 8.27. The van der Waals surface area contributed by atoms with Crippen LogP contribution in [0.1, 0.15) is 49.4 Å². The molecule has 4 heteroatoms. The second kappa shape index (κ2) is 8.54. The molecule has 0 saturated carbocycles. The molecule has 3 nitrogen and oxygen atoms in total.